The van der Waals surface area contributed by atoms with Crippen molar-refractivity contribution in [1.82, 2.24) is 10.6 Å². The van der Waals surface area contributed by atoms with Crippen molar-refractivity contribution in [2.45, 2.75) is 13.1 Å². The van der Waals surface area contributed by atoms with Crippen LogP contribution in [0.5, 0.6) is 0 Å². The molecule has 0 bridgehead atoms. The summed E-state index contributed by atoms with van der Waals surface area (Å²) in [6, 6.07) is 8.01. The molecule has 0 aliphatic heterocycles. The maximum atomic E-state index is 5.70. The third-order valence-electron chi connectivity index (χ3n) is 2.74. The summed E-state index contributed by atoms with van der Waals surface area (Å²) in [4.78, 5) is 8.48. The van der Waals surface area contributed by atoms with E-state index in [-0.39, 0.29) is 24.0 Å². The number of aliphatic imine (C=N–C) groups is 2. The third kappa shape index (κ3) is 9.56. The van der Waals surface area contributed by atoms with Crippen molar-refractivity contribution in [2.24, 2.45) is 21.5 Å². The lowest BCUT2D eigenvalue weighted by atomic mass is 10.1. The first-order valence-electron chi connectivity index (χ1n) is 7.03. The highest BCUT2D eigenvalue weighted by molar-refractivity contribution is 14.0. The molecule has 0 atom stereocenters. The second-order valence-electron chi connectivity index (χ2n) is 4.56. The van der Waals surface area contributed by atoms with Gasteiger partial charge in [-0.2, -0.15) is 0 Å². The third-order valence-corrected chi connectivity index (χ3v) is 2.74. The first kappa shape index (κ1) is 21.0. The lowest BCUT2D eigenvalue weighted by Gasteiger charge is -2.04. The van der Waals surface area contributed by atoms with Gasteiger partial charge in [-0.05, 0) is 11.1 Å². The number of nitrogens with two attached hydrogens (primary N) is 2. The predicted molar refractivity (Wildman–Crippen MR) is 109 cm³/mol. The summed E-state index contributed by atoms with van der Waals surface area (Å²) in [5, 5.41) is 5.86. The second kappa shape index (κ2) is 12.5. The molecule has 0 aliphatic carbocycles. The van der Waals surface area contributed by atoms with Crippen LogP contribution in [-0.4, -0.2) is 25.0 Å². The molecule has 23 heavy (non-hydrogen) atoms. The Balaban J connectivity index is 0.00000484. The fourth-order valence-corrected chi connectivity index (χ4v) is 1.57. The van der Waals surface area contributed by atoms with Crippen molar-refractivity contribution in [2.75, 3.05) is 13.1 Å². The van der Waals surface area contributed by atoms with E-state index in [1.165, 1.54) is 0 Å². The molecular formula is C16H25IN6. The lowest BCUT2D eigenvalue weighted by molar-refractivity contribution is 0.959. The van der Waals surface area contributed by atoms with Crippen LogP contribution in [0.4, 0.5) is 0 Å². The van der Waals surface area contributed by atoms with Gasteiger partial charge in [0.2, 0.25) is 0 Å². The summed E-state index contributed by atoms with van der Waals surface area (Å²) in [7, 11) is 0. The average Bonchev–Trinajstić information content (AvgIpc) is 2.55. The van der Waals surface area contributed by atoms with Crippen LogP contribution < -0.4 is 22.1 Å². The van der Waals surface area contributed by atoms with Gasteiger partial charge < -0.3 is 22.1 Å². The van der Waals surface area contributed by atoms with Crippen molar-refractivity contribution in [1.29, 1.82) is 0 Å². The molecule has 126 valence electrons. The van der Waals surface area contributed by atoms with Gasteiger partial charge in [-0.3, -0.25) is 0 Å². The normalized spacial score (nSPS) is 11.3. The van der Waals surface area contributed by atoms with Gasteiger partial charge in [0, 0.05) is 13.1 Å². The van der Waals surface area contributed by atoms with Crippen molar-refractivity contribution < 1.29 is 0 Å². The van der Waals surface area contributed by atoms with E-state index in [1.807, 2.05) is 24.3 Å². The predicted octanol–water partition coefficient (Wildman–Crippen LogP) is 1.49. The van der Waals surface area contributed by atoms with Crippen LogP contribution in [0.3, 0.4) is 0 Å². The average molecular weight is 428 g/mol. The molecular weight excluding hydrogens is 403 g/mol. The Kier molecular flexibility index (Phi) is 11.4. The zero-order valence-electron chi connectivity index (χ0n) is 13.2. The molecule has 0 aromatic heterocycles. The molecule has 0 aliphatic rings. The Bertz CT molecular complexity index is 487. The van der Waals surface area contributed by atoms with E-state index in [9.17, 15) is 0 Å². The number of guanidine groups is 2. The van der Waals surface area contributed by atoms with E-state index < -0.39 is 0 Å². The van der Waals surface area contributed by atoms with Crippen LogP contribution >= 0.6 is 24.0 Å². The fourth-order valence-electron chi connectivity index (χ4n) is 1.57. The van der Waals surface area contributed by atoms with Gasteiger partial charge in [0.1, 0.15) is 0 Å². The van der Waals surface area contributed by atoms with E-state index in [0.29, 0.717) is 38.1 Å². The molecule has 6 N–H and O–H groups in total. The molecule has 0 amide bonds. The largest absolute Gasteiger partial charge is 0.370 e. The van der Waals surface area contributed by atoms with Crippen molar-refractivity contribution in [3.63, 3.8) is 0 Å². The first-order valence-corrected chi connectivity index (χ1v) is 7.03. The minimum Gasteiger partial charge on any atom is -0.370 e. The smallest absolute Gasteiger partial charge is 0.189 e. The Morgan fingerprint density at radius 3 is 1.52 bits per heavy atom. The first-order chi connectivity index (χ1) is 10.7. The molecule has 0 heterocycles. The van der Waals surface area contributed by atoms with Gasteiger partial charge in [-0.15, -0.1) is 37.1 Å². The number of halogens is 1. The van der Waals surface area contributed by atoms with Gasteiger partial charge >= 0.3 is 0 Å². The minimum atomic E-state index is 0. The number of hydrogen-bond donors (Lipinski definition) is 4. The fraction of sp³-hybridized carbons (Fsp3) is 0.250. The topological polar surface area (TPSA) is 101 Å². The van der Waals surface area contributed by atoms with Gasteiger partial charge in [-0.25, -0.2) is 9.98 Å². The maximum Gasteiger partial charge on any atom is 0.189 e. The van der Waals surface area contributed by atoms with Gasteiger partial charge in [-0.1, -0.05) is 36.4 Å². The van der Waals surface area contributed by atoms with Crippen LogP contribution in [-0.2, 0) is 13.1 Å². The van der Waals surface area contributed by atoms with E-state index in [1.54, 1.807) is 12.2 Å². The lowest BCUT2D eigenvalue weighted by Crippen LogP contribution is -2.31. The number of hydrogen-bond acceptors (Lipinski definition) is 2. The minimum absolute atomic E-state index is 0. The molecule has 7 heteroatoms. The molecule has 0 fully saturated rings. The maximum absolute atomic E-state index is 5.70. The summed E-state index contributed by atoms with van der Waals surface area (Å²) in [5.41, 5.74) is 13.6. The zero-order valence-corrected chi connectivity index (χ0v) is 15.5. The zero-order chi connectivity index (χ0) is 16.2. The Morgan fingerprint density at radius 2 is 1.22 bits per heavy atom. The summed E-state index contributed by atoms with van der Waals surface area (Å²) in [5.74, 6) is 0.823. The van der Waals surface area contributed by atoms with Gasteiger partial charge in [0.15, 0.2) is 11.9 Å². The summed E-state index contributed by atoms with van der Waals surface area (Å²) < 4.78 is 0. The van der Waals surface area contributed by atoms with Gasteiger partial charge in [0.25, 0.3) is 0 Å². The number of benzene rings is 1. The van der Waals surface area contributed by atoms with E-state index in [0.717, 1.165) is 11.1 Å². The second-order valence-corrected chi connectivity index (χ2v) is 4.56. The molecule has 0 radical (unpaired) electrons. The molecule has 6 nitrogen and oxygen atoms in total. The highest BCUT2D eigenvalue weighted by atomic mass is 127. The van der Waals surface area contributed by atoms with Crippen LogP contribution in [0.25, 0.3) is 0 Å². The Hall–Kier alpha value is -2.03. The quantitative estimate of drug-likeness (QED) is 0.218. The molecule has 1 rings (SSSR count). The van der Waals surface area contributed by atoms with Gasteiger partial charge in [0.05, 0.1) is 13.1 Å². The van der Waals surface area contributed by atoms with Crippen LogP contribution in [0.1, 0.15) is 11.1 Å². The highest BCUT2D eigenvalue weighted by Gasteiger charge is 1.96. The summed E-state index contributed by atoms with van der Waals surface area (Å²) in [6.45, 7) is 9.48. The van der Waals surface area contributed by atoms with E-state index in [4.69, 9.17) is 11.5 Å². The molecule has 0 spiro atoms. The van der Waals surface area contributed by atoms with Crippen molar-refractivity contribution in [3.05, 3.63) is 60.7 Å². The van der Waals surface area contributed by atoms with Crippen molar-refractivity contribution >= 4 is 35.9 Å². The van der Waals surface area contributed by atoms with E-state index >= 15 is 0 Å². The standard InChI is InChI=1S/C16H24N6.HI/c1-3-9-19-15(17)21-11-13-5-7-14(8-6-13)12-22-16(18)20-10-4-2;/h3-8H,1-2,9-12H2,(H3,17,19,21)(H3,18,20,22);1H. The molecule has 0 saturated heterocycles. The number of rotatable bonds is 8. The van der Waals surface area contributed by atoms with E-state index in [2.05, 4.69) is 33.8 Å². The molecule has 0 saturated carbocycles. The van der Waals surface area contributed by atoms with Crippen LogP contribution in [0.2, 0.25) is 0 Å². The van der Waals surface area contributed by atoms with Crippen molar-refractivity contribution in [3.8, 4) is 0 Å². The van der Waals surface area contributed by atoms with Crippen LogP contribution in [0.15, 0.2) is 59.6 Å². The molecule has 1 aromatic rings. The number of nitrogens with zero attached hydrogens (tertiary/aromatic N) is 2. The SMILES string of the molecule is C=CCNC(N)=NCc1ccc(CN=C(N)NCC=C)cc1.I. The Labute approximate surface area is 154 Å². The highest BCUT2D eigenvalue weighted by Crippen LogP contribution is 2.06. The Morgan fingerprint density at radius 1 is 0.870 bits per heavy atom. The molecule has 0 unspecified atom stereocenters. The molecule has 1 aromatic carbocycles. The monoisotopic (exact) mass is 428 g/mol. The summed E-state index contributed by atoms with van der Waals surface area (Å²) >= 11 is 0. The summed E-state index contributed by atoms with van der Waals surface area (Å²) in [6.07, 6.45) is 3.46. The van der Waals surface area contributed by atoms with Crippen LogP contribution in [0, 0.1) is 0 Å². The number of nitrogens with one attached hydrogen (secondary N) is 2.